The van der Waals surface area contributed by atoms with Crippen molar-refractivity contribution >= 4 is 41.2 Å². The third kappa shape index (κ3) is 8.20. The third-order valence-corrected chi connectivity index (χ3v) is 10.2. The molecule has 53 heavy (non-hydrogen) atoms. The highest BCUT2D eigenvalue weighted by Gasteiger charge is 2.48. The Balaban J connectivity index is 0.000000185. The average molecular weight is 738 g/mol. The highest BCUT2D eigenvalue weighted by atomic mass is 35.5. The van der Waals surface area contributed by atoms with Gasteiger partial charge in [-0.05, 0) is 79.6 Å². The fourth-order valence-corrected chi connectivity index (χ4v) is 7.60. The molecule has 0 atom stereocenters. The van der Waals surface area contributed by atoms with Gasteiger partial charge in [0.1, 0.15) is 22.0 Å². The number of aromatic nitrogens is 2. The number of esters is 2. The van der Waals surface area contributed by atoms with Crippen molar-refractivity contribution in [3.05, 3.63) is 124 Å². The Morgan fingerprint density at radius 2 is 1.08 bits per heavy atom. The van der Waals surface area contributed by atoms with E-state index in [-0.39, 0.29) is 35.8 Å². The van der Waals surface area contributed by atoms with Crippen LogP contribution in [0.2, 0.25) is 5.15 Å². The first-order valence-electron chi connectivity index (χ1n) is 18.1. The Bertz CT molecular complexity index is 1930. The number of piperidine rings is 1. The van der Waals surface area contributed by atoms with E-state index in [0.717, 1.165) is 48.2 Å². The van der Waals surface area contributed by atoms with E-state index in [1.807, 2.05) is 48.5 Å². The summed E-state index contributed by atoms with van der Waals surface area (Å²) in [5, 5.41) is 5.98. The van der Waals surface area contributed by atoms with E-state index in [1.54, 1.807) is 44.3 Å². The van der Waals surface area contributed by atoms with Gasteiger partial charge in [0.15, 0.2) is 0 Å². The normalized spacial score (nSPS) is 16.2. The summed E-state index contributed by atoms with van der Waals surface area (Å²) in [6.45, 7) is 5.84. The average Bonchev–Trinajstić information content (AvgIpc) is 3.75. The second-order valence-corrected chi connectivity index (χ2v) is 13.9. The van der Waals surface area contributed by atoms with Crippen LogP contribution in [0.3, 0.4) is 0 Å². The fourth-order valence-electron chi connectivity index (χ4n) is 7.39. The molecule has 0 radical (unpaired) electrons. The molecule has 0 saturated carbocycles. The Morgan fingerprint density at radius 1 is 0.642 bits per heavy atom. The first kappa shape index (κ1) is 37.5. The first-order valence-corrected chi connectivity index (χ1v) is 18.5. The quantitative estimate of drug-likeness (QED) is 0.169. The van der Waals surface area contributed by atoms with Crippen LogP contribution in [0.4, 0.5) is 5.82 Å². The minimum atomic E-state index is -1.12. The number of ether oxygens (including phenoxy) is 2. The largest absolute Gasteiger partial charge is 0.464 e. The van der Waals surface area contributed by atoms with Gasteiger partial charge in [-0.2, -0.15) is 0 Å². The summed E-state index contributed by atoms with van der Waals surface area (Å²) in [6.07, 6.45) is 8.28. The van der Waals surface area contributed by atoms with E-state index in [1.165, 1.54) is 12.6 Å². The van der Waals surface area contributed by atoms with Crippen LogP contribution in [0.15, 0.2) is 85.2 Å². The van der Waals surface area contributed by atoms with Crippen molar-refractivity contribution in [1.29, 1.82) is 0 Å². The van der Waals surface area contributed by atoms with Crippen molar-refractivity contribution in [3.63, 3.8) is 0 Å². The minimum Gasteiger partial charge on any atom is -0.464 e. The Labute approximate surface area is 314 Å². The summed E-state index contributed by atoms with van der Waals surface area (Å²) < 4.78 is 10.6. The van der Waals surface area contributed by atoms with Crippen molar-refractivity contribution in [3.8, 4) is 0 Å². The lowest BCUT2D eigenvalue weighted by Crippen LogP contribution is -2.56. The highest BCUT2D eigenvalue weighted by Crippen LogP contribution is 2.33. The van der Waals surface area contributed by atoms with Gasteiger partial charge in [-0.3, -0.25) is 9.59 Å². The lowest BCUT2D eigenvalue weighted by molar-refractivity contribution is -0.151. The number of fused-ring (bicyclic) bond motifs is 2. The van der Waals surface area contributed by atoms with Gasteiger partial charge >= 0.3 is 11.9 Å². The number of halogens is 1. The summed E-state index contributed by atoms with van der Waals surface area (Å²) in [4.78, 5) is 62.1. The number of pyridine rings is 2. The molecule has 3 aliphatic rings. The molecule has 0 unspecified atom stereocenters. The van der Waals surface area contributed by atoms with Gasteiger partial charge in [0.05, 0.1) is 24.3 Å². The van der Waals surface area contributed by atoms with E-state index < -0.39 is 23.0 Å². The molecule has 0 bridgehead atoms. The number of carbonyl (C=O) groups is 4. The molecule has 0 spiro atoms. The Kier molecular flexibility index (Phi) is 11.7. The molecule has 1 saturated heterocycles. The van der Waals surface area contributed by atoms with Gasteiger partial charge in [0.25, 0.3) is 11.8 Å². The summed E-state index contributed by atoms with van der Waals surface area (Å²) >= 11 is 5.99. The standard InChI is InChI=1S/C23H27N3O3.C18H17ClN2O3/c1-2-29-22(28)23(15-17-9-4-5-10-18(17)16-23)25-21(27)19-11-8-12-24-20(19)26-13-6-3-7-14-26;1-2-24-17(23)18(10-12-6-3-4-7-13(12)11-18)21-16(22)14-8-5-9-20-15(14)19/h4-5,8-12H,2-3,6-7,13-16H2,1H3,(H,25,27);3-9H,2,10-11H2,1H3,(H,21,22). The number of amides is 2. The maximum absolute atomic E-state index is 13.3. The second-order valence-electron chi connectivity index (χ2n) is 13.5. The molecule has 1 aliphatic heterocycles. The third-order valence-electron chi connectivity index (χ3n) is 9.93. The number of anilines is 1. The molecule has 7 rings (SSSR count). The smallest absolute Gasteiger partial charge is 0.332 e. The van der Waals surface area contributed by atoms with Crippen molar-refractivity contribution in [1.82, 2.24) is 20.6 Å². The zero-order valence-electron chi connectivity index (χ0n) is 30.0. The van der Waals surface area contributed by atoms with Crippen LogP contribution >= 0.6 is 11.6 Å². The van der Waals surface area contributed by atoms with Crippen molar-refractivity contribution in [2.75, 3.05) is 31.2 Å². The van der Waals surface area contributed by atoms with E-state index >= 15 is 0 Å². The number of nitrogens with one attached hydrogen (secondary N) is 2. The summed E-state index contributed by atoms with van der Waals surface area (Å²) in [7, 11) is 0. The number of benzene rings is 2. The van der Waals surface area contributed by atoms with Crippen LogP contribution in [0.25, 0.3) is 0 Å². The molecule has 2 aromatic carbocycles. The van der Waals surface area contributed by atoms with Crippen LogP contribution in [-0.2, 0) is 44.7 Å². The Morgan fingerprint density at radius 3 is 1.53 bits per heavy atom. The van der Waals surface area contributed by atoms with E-state index in [9.17, 15) is 19.2 Å². The fraction of sp³-hybridized carbons (Fsp3) is 0.366. The van der Waals surface area contributed by atoms with Gasteiger partial charge in [0.2, 0.25) is 0 Å². The zero-order chi connectivity index (χ0) is 37.4. The summed E-state index contributed by atoms with van der Waals surface area (Å²) in [6, 6.07) is 22.4. The van der Waals surface area contributed by atoms with Crippen molar-refractivity contribution in [2.24, 2.45) is 0 Å². The molecule has 12 heteroatoms. The zero-order valence-corrected chi connectivity index (χ0v) is 30.8. The first-order chi connectivity index (χ1) is 25.7. The van der Waals surface area contributed by atoms with Crippen LogP contribution in [-0.4, -0.2) is 71.1 Å². The highest BCUT2D eigenvalue weighted by molar-refractivity contribution is 6.32. The van der Waals surface area contributed by atoms with Crippen LogP contribution in [0.1, 0.15) is 76.1 Å². The molecule has 276 valence electrons. The van der Waals surface area contributed by atoms with Gasteiger partial charge < -0.3 is 25.0 Å². The summed E-state index contributed by atoms with van der Waals surface area (Å²) in [5.41, 5.74) is 2.76. The van der Waals surface area contributed by atoms with Gasteiger partial charge in [-0.25, -0.2) is 19.6 Å². The van der Waals surface area contributed by atoms with Crippen LogP contribution < -0.4 is 15.5 Å². The molecule has 4 aromatic rings. The lowest BCUT2D eigenvalue weighted by Gasteiger charge is -2.31. The molecular formula is C41H44ClN5O6. The second kappa shape index (κ2) is 16.6. The number of hydrogen-bond donors (Lipinski definition) is 2. The maximum atomic E-state index is 13.3. The maximum Gasteiger partial charge on any atom is 0.332 e. The van der Waals surface area contributed by atoms with Gasteiger partial charge in [0, 0.05) is 51.2 Å². The topological polar surface area (TPSA) is 140 Å². The summed E-state index contributed by atoms with van der Waals surface area (Å²) in [5.74, 6) is -0.838. The predicted molar refractivity (Wildman–Crippen MR) is 201 cm³/mol. The SMILES string of the molecule is CCOC(=O)C1(NC(=O)c2cccnc2Cl)Cc2ccccc2C1.CCOC(=O)C1(NC(=O)c2cccnc2N2CCCCC2)Cc2ccccc2C1. The van der Waals surface area contributed by atoms with E-state index in [4.69, 9.17) is 21.1 Å². The predicted octanol–water partition coefficient (Wildman–Crippen LogP) is 5.47. The molecule has 2 aliphatic carbocycles. The van der Waals surface area contributed by atoms with Gasteiger partial charge in [-0.1, -0.05) is 60.1 Å². The molecule has 2 amide bonds. The molecule has 1 fully saturated rings. The number of hydrogen-bond acceptors (Lipinski definition) is 9. The molecule has 11 nitrogen and oxygen atoms in total. The minimum absolute atomic E-state index is 0.101. The van der Waals surface area contributed by atoms with Crippen LogP contribution in [0, 0.1) is 0 Å². The van der Waals surface area contributed by atoms with Crippen LogP contribution in [0.5, 0.6) is 0 Å². The van der Waals surface area contributed by atoms with Crippen molar-refractivity contribution < 1.29 is 28.7 Å². The molecule has 2 aromatic heterocycles. The monoisotopic (exact) mass is 737 g/mol. The number of nitrogens with zero attached hydrogens (tertiary/aromatic N) is 3. The van der Waals surface area contributed by atoms with E-state index in [0.29, 0.717) is 37.1 Å². The molecule has 3 heterocycles. The van der Waals surface area contributed by atoms with Crippen molar-refractivity contribution in [2.45, 2.75) is 69.9 Å². The van der Waals surface area contributed by atoms with Gasteiger partial charge in [-0.15, -0.1) is 0 Å². The van der Waals surface area contributed by atoms with E-state index in [2.05, 4.69) is 25.5 Å². The Hall–Kier alpha value is -5.29. The molecule has 2 N–H and O–H groups in total. The molecular weight excluding hydrogens is 694 g/mol. The lowest BCUT2D eigenvalue weighted by atomic mass is 9.95. The number of rotatable bonds is 9. The number of carbonyl (C=O) groups excluding carboxylic acids is 4.